The maximum absolute atomic E-state index is 13.1. The smallest absolute Gasteiger partial charge is 0.357 e. The van der Waals surface area contributed by atoms with E-state index in [4.69, 9.17) is 0 Å². The minimum atomic E-state index is -4.43. The molecule has 1 saturated heterocycles. The van der Waals surface area contributed by atoms with Crippen LogP contribution in [0.4, 0.5) is 24.7 Å². The summed E-state index contributed by atoms with van der Waals surface area (Å²) in [6.45, 7) is 1.89. The van der Waals surface area contributed by atoms with Crippen LogP contribution in [-0.4, -0.2) is 29.0 Å². The standard InChI is InChI=1S/C24H19F3N4OS/c25-24(26,27)16-6-3-5-15(13-16)23-30-21-18(7-4-8-19(21)33-23)22(32)29-17-9-10-28-20(14-17)31-11-1-2-12-31/h3-10,13-14H,1-2,11-12H2,(H,28,29,32). The minimum absolute atomic E-state index is 0.333. The van der Waals surface area contributed by atoms with E-state index in [1.54, 1.807) is 36.5 Å². The van der Waals surface area contributed by atoms with Crippen LogP contribution >= 0.6 is 11.3 Å². The van der Waals surface area contributed by atoms with E-state index in [1.165, 1.54) is 17.4 Å². The normalized spacial score (nSPS) is 14.1. The Morgan fingerprint density at radius 1 is 1.03 bits per heavy atom. The summed E-state index contributed by atoms with van der Waals surface area (Å²) in [5.41, 5.74) is 1.08. The number of carbonyl (C=O) groups excluding carboxylic acids is 1. The van der Waals surface area contributed by atoms with E-state index in [2.05, 4.69) is 20.2 Å². The van der Waals surface area contributed by atoms with Crippen molar-refractivity contribution in [1.29, 1.82) is 0 Å². The van der Waals surface area contributed by atoms with Crippen LogP contribution in [0, 0.1) is 0 Å². The van der Waals surface area contributed by atoms with E-state index in [0.717, 1.165) is 48.6 Å². The van der Waals surface area contributed by atoms with Gasteiger partial charge in [0.15, 0.2) is 0 Å². The number of thiazole rings is 1. The number of benzene rings is 2. The summed E-state index contributed by atoms with van der Waals surface area (Å²) in [6.07, 6.45) is -0.523. The highest BCUT2D eigenvalue weighted by atomic mass is 32.1. The number of anilines is 2. The average molecular weight is 469 g/mol. The number of nitrogens with zero attached hydrogens (tertiary/aromatic N) is 3. The number of alkyl halides is 3. The first-order valence-corrected chi connectivity index (χ1v) is 11.3. The van der Waals surface area contributed by atoms with Crippen LogP contribution in [-0.2, 0) is 6.18 Å². The zero-order chi connectivity index (χ0) is 23.0. The van der Waals surface area contributed by atoms with Crippen molar-refractivity contribution >= 4 is 39.0 Å². The molecule has 0 unspecified atom stereocenters. The van der Waals surface area contributed by atoms with Crippen LogP contribution in [0.25, 0.3) is 20.8 Å². The molecule has 0 bridgehead atoms. The molecule has 0 radical (unpaired) electrons. The van der Waals surface area contributed by atoms with Crippen molar-refractivity contribution in [3.63, 3.8) is 0 Å². The van der Waals surface area contributed by atoms with Crippen molar-refractivity contribution in [2.24, 2.45) is 0 Å². The molecule has 0 spiro atoms. The monoisotopic (exact) mass is 468 g/mol. The number of pyridine rings is 1. The largest absolute Gasteiger partial charge is 0.416 e. The Morgan fingerprint density at radius 2 is 1.82 bits per heavy atom. The van der Waals surface area contributed by atoms with Crippen molar-refractivity contribution < 1.29 is 18.0 Å². The molecule has 33 heavy (non-hydrogen) atoms. The van der Waals surface area contributed by atoms with Gasteiger partial charge in [-0.3, -0.25) is 4.79 Å². The predicted molar refractivity (Wildman–Crippen MR) is 124 cm³/mol. The molecule has 1 aliphatic heterocycles. The first-order valence-electron chi connectivity index (χ1n) is 10.5. The molecule has 5 nitrogen and oxygen atoms in total. The van der Waals surface area contributed by atoms with Gasteiger partial charge in [0, 0.05) is 36.6 Å². The van der Waals surface area contributed by atoms with Crippen LogP contribution in [0.2, 0.25) is 0 Å². The van der Waals surface area contributed by atoms with Gasteiger partial charge in [0.05, 0.1) is 21.3 Å². The highest BCUT2D eigenvalue weighted by Gasteiger charge is 2.30. The van der Waals surface area contributed by atoms with Gasteiger partial charge in [0.25, 0.3) is 5.91 Å². The Balaban J connectivity index is 1.44. The molecule has 3 heterocycles. The molecule has 1 fully saturated rings. The van der Waals surface area contributed by atoms with E-state index in [-0.39, 0.29) is 5.91 Å². The second-order valence-corrected chi connectivity index (χ2v) is 8.83. The third-order valence-corrected chi connectivity index (χ3v) is 6.60. The summed E-state index contributed by atoms with van der Waals surface area (Å²) in [6, 6.07) is 13.8. The number of rotatable bonds is 4. The van der Waals surface area contributed by atoms with Crippen LogP contribution in [0.3, 0.4) is 0 Å². The Bertz CT molecular complexity index is 1330. The quantitative estimate of drug-likeness (QED) is 0.386. The van der Waals surface area contributed by atoms with Crippen molar-refractivity contribution in [2.45, 2.75) is 19.0 Å². The molecular formula is C24H19F3N4OS. The molecule has 0 atom stereocenters. The number of para-hydroxylation sites is 1. The van der Waals surface area contributed by atoms with Crippen molar-refractivity contribution in [3.8, 4) is 10.6 Å². The van der Waals surface area contributed by atoms with Gasteiger partial charge in [0.1, 0.15) is 10.8 Å². The lowest BCUT2D eigenvalue weighted by Crippen LogP contribution is -2.19. The Hall–Kier alpha value is -3.46. The molecular weight excluding hydrogens is 449 g/mol. The summed E-state index contributed by atoms with van der Waals surface area (Å²) < 4.78 is 40.1. The molecule has 1 N–H and O–H groups in total. The van der Waals surface area contributed by atoms with E-state index in [0.29, 0.717) is 27.3 Å². The molecule has 1 aliphatic rings. The molecule has 1 amide bonds. The minimum Gasteiger partial charge on any atom is -0.357 e. The van der Waals surface area contributed by atoms with Crippen LogP contribution in [0.15, 0.2) is 60.8 Å². The molecule has 5 rings (SSSR count). The highest BCUT2D eigenvalue weighted by molar-refractivity contribution is 7.21. The van der Waals surface area contributed by atoms with Crippen molar-refractivity contribution in [2.75, 3.05) is 23.3 Å². The topological polar surface area (TPSA) is 58.1 Å². The summed E-state index contributed by atoms with van der Waals surface area (Å²) in [4.78, 5) is 24.2. The zero-order valence-corrected chi connectivity index (χ0v) is 18.2. The van der Waals surface area contributed by atoms with Gasteiger partial charge in [-0.1, -0.05) is 18.2 Å². The lowest BCUT2D eigenvalue weighted by molar-refractivity contribution is -0.137. The van der Waals surface area contributed by atoms with Gasteiger partial charge in [-0.05, 0) is 43.2 Å². The molecule has 9 heteroatoms. The molecule has 168 valence electrons. The predicted octanol–water partition coefficient (Wildman–Crippen LogP) is 6.23. The first kappa shape index (κ1) is 21.4. The maximum atomic E-state index is 13.1. The van der Waals surface area contributed by atoms with E-state index in [9.17, 15) is 18.0 Å². The van der Waals surface area contributed by atoms with E-state index in [1.807, 2.05) is 6.07 Å². The number of amides is 1. The Labute approximate surface area is 191 Å². The number of hydrogen-bond donors (Lipinski definition) is 1. The fourth-order valence-electron chi connectivity index (χ4n) is 3.90. The van der Waals surface area contributed by atoms with Crippen molar-refractivity contribution in [1.82, 2.24) is 9.97 Å². The molecule has 2 aromatic carbocycles. The lowest BCUT2D eigenvalue weighted by Gasteiger charge is -2.17. The van der Waals surface area contributed by atoms with Gasteiger partial charge in [-0.15, -0.1) is 11.3 Å². The SMILES string of the molecule is O=C(Nc1ccnc(N2CCCC2)c1)c1cccc2sc(-c3cccc(C(F)(F)F)c3)nc12. The van der Waals surface area contributed by atoms with E-state index < -0.39 is 11.7 Å². The summed E-state index contributed by atoms with van der Waals surface area (Å²) in [7, 11) is 0. The summed E-state index contributed by atoms with van der Waals surface area (Å²) >= 11 is 1.25. The number of fused-ring (bicyclic) bond motifs is 1. The second kappa shape index (κ2) is 8.47. The molecule has 0 saturated carbocycles. The van der Waals surface area contributed by atoms with Gasteiger partial charge in [-0.2, -0.15) is 13.2 Å². The maximum Gasteiger partial charge on any atom is 0.416 e. The van der Waals surface area contributed by atoms with Gasteiger partial charge < -0.3 is 10.2 Å². The average Bonchev–Trinajstić information content (AvgIpc) is 3.49. The van der Waals surface area contributed by atoms with Crippen LogP contribution in [0.5, 0.6) is 0 Å². The fraction of sp³-hybridized carbons (Fsp3) is 0.208. The molecule has 0 aliphatic carbocycles. The Morgan fingerprint density at radius 3 is 2.61 bits per heavy atom. The lowest BCUT2D eigenvalue weighted by atomic mass is 10.1. The fourth-order valence-corrected chi connectivity index (χ4v) is 4.89. The number of hydrogen-bond acceptors (Lipinski definition) is 5. The number of halogens is 3. The molecule has 4 aromatic rings. The van der Waals surface area contributed by atoms with Crippen molar-refractivity contribution in [3.05, 3.63) is 71.9 Å². The summed E-state index contributed by atoms with van der Waals surface area (Å²) in [5.74, 6) is 0.490. The zero-order valence-electron chi connectivity index (χ0n) is 17.4. The number of carbonyl (C=O) groups is 1. The first-order chi connectivity index (χ1) is 15.9. The van der Waals surface area contributed by atoms with Gasteiger partial charge in [-0.25, -0.2) is 9.97 Å². The third-order valence-electron chi connectivity index (χ3n) is 5.53. The molecule has 2 aromatic heterocycles. The highest BCUT2D eigenvalue weighted by Crippen LogP contribution is 2.36. The number of aromatic nitrogens is 2. The van der Waals surface area contributed by atoms with E-state index >= 15 is 0 Å². The van der Waals surface area contributed by atoms with Crippen LogP contribution < -0.4 is 10.2 Å². The summed E-state index contributed by atoms with van der Waals surface area (Å²) in [5, 5.41) is 3.33. The van der Waals surface area contributed by atoms with Gasteiger partial charge in [0.2, 0.25) is 0 Å². The second-order valence-electron chi connectivity index (χ2n) is 7.80. The number of nitrogens with one attached hydrogen (secondary N) is 1. The van der Waals surface area contributed by atoms with Gasteiger partial charge >= 0.3 is 6.18 Å². The third kappa shape index (κ3) is 4.41. The van der Waals surface area contributed by atoms with Crippen LogP contribution in [0.1, 0.15) is 28.8 Å². The Kier molecular flexibility index (Phi) is 5.49.